The third kappa shape index (κ3) is 3.58. The molecule has 0 aromatic rings. The second kappa shape index (κ2) is 5.72. The molecule has 0 unspecified atom stereocenters. The molecule has 0 aromatic heterocycles. The molecule has 0 saturated carbocycles. The van der Waals surface area contributed by atoms with Gasteiger partial charge in [0.05, 0.1) is 0 Å². The third-order valence-corrected chi connectivity index (χ3v) is 3.30. The van der Waals surface area contributed by atoms with Crippen molar-refractivity contribution in [2.24, 2.45) is 5.92 Å². The van der Waals surface area contributed by atoms with Crippen molar-refractivity contribution in [3.8, 4) is 0 Å². The standard InChI is InChI=1S/C12H26N2/c1-5-13(4)12-6-8-14(9-7-12)10-11(2)3/h11-12H,5-10H2,1-4H3. The smallest absolute Gasteiger partial charge is 0.0116 e. The van der Waals surface area contributed by atoms with Crippen LogP contribution in [0.4, 0.5) is 0 Å². The molecule has 1 saturated heterocycles. The Balaban J connectivity index is 2.24. The van der Waals surface area contributed by atoms with Gasteiger partial charge >= 0.3 is 0 Å². The van der Waals surface area contributed by atoms with Gasteiger partial charge in [0.2, 0.25) is 0 Å². The fourth-order valence-electron chi connectivity index (χ4n) is 2.32. The molecule has 0 amide bonds. The summed E-state index contributed by atoms with van der Waals surface area (Å²) in [6.45, 7) is 11.9. The minimum atomic E-state index is 0.815. The van der Waals surface area contributed by atoms with E-state index in [9.17, 15) is 0 Å². The Bertz CT molecular complexity index is 148. The lowest BCUT2D eigenvalue weighted by molar-refractivity contribution is 0.123. The zero-order chi connectivity index (χ0) is 10.6. The maximum Gasteiger partial charge on any atom is 0.0116 e. The molecule has 1 heterocycles. The Morgan fingerprint density at radius 1 is 1.29 bits per heavy atom. The maximum atomic E-state index is 2.62. The summed E-state index contributed by atoms with van der Waals surface area (Å²) in [7, 11) is 2.25. The topological polar surface area (TPSA) is 6.48 Å². The Kier molecular flexibility index (Phi) is 4.90. The van der Waals surface area contributed by atoms with Crippen LogP contribution in [0.25, 0.3) is 0 Å². The van der Waals surface area contributed by atoms with Crippen LogP contribution in [0.5, 0.6) is 0 Å². The molecule has 0 N–H and O–H groups in total. The molecule has 0 aromatic carbocycles. The summed E-state index contributed by atoms with van der Waals surface area (Å²) in [4.78, 5) is 5.11. The normalized spacial score (nSPS) is 21.0. The summed E-state index contributed by atoms with van der Waals surface area (Å²) >= 11 is 0. The number of piperidine rings is 1. The summed E-state index contributed by atoms with van der Waals surface area (Å²) in [6.07, 6.45) is 2.72. The molecule has 2 nitrogen and oxygen atoms in total. The van der Waals surface area contributed by atoms with Gasteiger partial charge in [-0.2, -0.15) is 0 Å². The van der Waals surface area contributed by atoms with Gasteiger partial charge in [0.1, 0.15) is 0 Å². The minimum Gasteiger partial charge on any atom is -0.304 e. The van der Waals surface area contributed by atoms with Crippen LogP contribution in [0, 0.1) is 5.92 Å². The Morgan fingerprint density at radius 3 is 2.29 bits per heavy atom. The van der Waals surface area contributed by atoms with E-state index < -0.39 is 0 Å². The third-order valence-electron chi connectivity index (χ3n) is 3.30. The molecular weight excluding hydrogens is 172 g/mol. The van der Waals surface area contributed by atoms with Crippen molar-refractivity contribution >= 4 is 0 Å². The van der Waals surface area contributed by atoms with E-state index in [0.29, 0.717) is 0 Å². The highest BCUT2D eigenvalue weighted by molar-refractivity contribution is 4.78. The van der Waals surface area contributed by atoms with Crippen molar-refractivity contribution < 1.29 is 0 Å². The molecule has 14 heavy (non-hydrogen) atoms. The first-order valence-electron chi connectivity index (χ1n) is 6.06. The summed E-state index contributed by atoms with van der Waals surface area (Å²) < 4.78 is 0. The van der Waals surface area contributed by atoms with Crippen molar-refractivity contribution in [3.63, 3.8) is 0 Å². The van der Waals surface area contributed by atoms with Crippen molar-refractivity contribution in [2.75, 3.05) is 33.2 Å². The van der Waals surface area contributed by atoms with Crippen LogP contribution in [0.2, 0.25) is 0 Å². The molecule has 0 aliphatic carbocycles. The van der Waals surface area contributed by atoms with Gasteiger partial charge < -0.3 is 9.80 Å². The lowest BCUT2D eigenvalue weighted by Gasteiger charge is -2.37. The number of rotatable bonds is 4. The van der Waals surface area contributed by atoms with Crippen LogP contribution in [-0.2, 0) is 0 Å². The van der Waals surface area contributed by atoms with Crippen LogP contribution in [0.15, 0.2) is 0 Å². The number of hydrogen-bond acceptors (Lipinski definition) is 2. The lowest BCUT2D eigenvalue weighted by Crippen LogP contribution is -2.44. The van der Waals surface area contributed by atoms with Crippen molar-refractivity contribution in [2.45, 2.75) is 39.7 Å². The zero-order valence-electron chi connectivity index (χ0n) is 10.3. The highest BCUT2D eigenvalue weighted by atomic mass is 15.2. The molecule has 2 heteroatoms. The average molecular weight is 198 g/mol. The molecule has 1 fully saturated rings. The van der Waals surface area contributed by atoms with Gasteiger partial charge in [-0.25, -0.2) is 0 Å². The van der Waals surface area contributed by atoms with E-state index in [2.05, 4.69) is 37.6 Å². The molecule has 1 aliphatic heterocycles. The molecule has 1 aliphatic rings. The summed E-state index contributed by atoms with van der Waals surface area (Å²) in [5.41, 5.74) is 0. The van der Waals surface area contributed by atoms with Gasteiger partial charge in [0.15, 0.2) is 0 Å². The first-order valence-corrected chi connectivity index (χ1v) is 6.06. The van der Waals surface area contributed by atoms with Gasteiger partial charge in [-0.3, -0.25) is 0 Å². The molecule has 0 bridgehead atoms. The number of likely N-dealkylation sites (tertiary alicyclic amines) is 1. The number of nitrogens with zero attached hydrogens (tertiary/aromatic N) is 2. The molecule has 0 atom stereocenters. The Labute approximate surface area is 89.3 Å². The van der Waals surface area contributed by atoms with Crippen LogP contribution in [0.1, 0.15) is 33.6 Å². The van der Waals surface area contributed by atoms with E-state index in [-0.39, 0.29) is 0 Å². The fraction of sp³-hybridized carbons (Fsp3) is 1.00. The lowest BCUT2D eigenvalue weighted by atomic mass is 10.0. The molecule has 1 rings (SSSR count). The van der Waals surface area contributed by atoms with Gasteiger partial charge in [-0.15, -0.1) is 0 Å². The van der Waals surface area contributed by atoms with Crippen molar-refractivity contribution in [3.05, 3.63) is 0 Å². The highest BCUT2D eigenvalue weighted by Crippen LogP contribution is 2.15. The number of hydrogen-bond donors (Lipinski definition) is 0. The Hall–Kier alpha value is -0.0800. The zero-order valence-corrected chi connectivity index (χ0v) is 10.3. The summed E-state index contributed by atoms with van der Waals surface area (Å²) in [5, 5.41) is 0. The van der Waals surface area contributed by atoms with Crippen LogP contribution in [0.3, 0.4) is 0 Å². The maximum absolute atomic E-state index is 2.62. The highest BCUT2D eigenvalue weighted by Gasteiger charge is 2.21. The van der Waals surface area contributed by atoms with Crippen LogP contribution >= 0.6 is 0 Å². The fourth-order valence-corrected chi connectivity index (χ4v) is 2.32. The van der Waals surface area contributed by atoms with Crippen molar-refractivity contribution in [1.82, 2.24) is 9.80 Å². The van der Waals surface area contributed by atoms with Gasteiger partial charge in [0, 0.05) is 12.6 Å². The van der Waals surface area contributed by atoms with Crippen LogP contribution < -0.4 is 0 Å². The second-order valence-corrected chi connectivity index (χ2v) is 5.00. The molecule has 0 radical (unpaired) electrons. The van der Waals surface area contributed by atoms with E-state index in [4.69, 9.17) is 0 Å². The molecule has 84 valence electrons. The molecular formula is C12H26N2. The van der Waals surface area contributed by atoms with E-state index >= 15 is 0 Å². The molecule has 0 spiro atoms. The van der Waals surface area contributed by atoms with Crippen LogP contribution in [-0.4, -0.2) is 49.1 Å². The predicted octanol–water partition coefficient (Wildman–Crippen LogP) is 2.06. The van der Waals surface area contributed by atoms with Gasteiger partial charge in [0.25, 0.3) is 0 Å². The van der Waals surface area contributed by atoms with E-state index in [1.807, 2.05) is 0 Å². The van der Waals surface area contributed by atoms with E-state index in [1.54, 1.807) is 0 Å². The summed E-state index contributed by atoms with van der Waals surface area (Å²) in [6, 6.07) is 0.836. The van der Waals surface area contributed by atoms with Gasteiger partial charge in [-0.05, 0) is 45.4 Å². The van der Waals surface area contributed by atoms with Crippen molar-refractivity contribution in [1.29, 1.82) is 0 Å². The quantitative estimate of drug-likeness (QED) is 0.682. The van der Waals surface area contributed by atoms with Gasteiger partial charge in [-0.1, -0.05) is 20.8 Å². The first kappa shape index (κ1) is 12.0. The van der Waals surface area contributed by atoms with E-state index in [0.717, 1.165) is 12.0 Å². The summed E-state index contributed by atoms with van der Waals surface area (Å²) in [5.74, 6) is 0.815. The first-order chi connectivity index (χ1) is 6.63. The van der Waals surface area contributed by atoms with E-state index in [1.165, 1.54) is 39.0 Å². The predicted molar refractivity (Wildman–Crippen MR) is 62.6 cm³/mol. The largest absolute Gasteiger partial charge is 0.304 e. The second-order valence-electron chi connectivity index (χ2n) is 5.00. The average Bonchev–Trinajstić information content (AvgIpc) is 2.17. The Morgan fingerprint density at radius 2 is 1.86 bits per heavy atom. The SMILES string of the molecule is CCN(C)C1CCN(CC(C)C)CC1. The minimum absolute atomic E-state index is 0.815. The monoisotopic (exact) mass is 198 g/mol.